The fourth-order valence-electron chi connectivity index (χ4n) is 2.51. The van der Waals surface area contributed by atoms with Gasteiger partial charge in [-0.15, -0.1) is 5.10 Å². The Morgan fingerprint density at radius 3 is 2.58 bits per heavy atom. The molecule has 0 fully saturated rings. The SMILES string of the molecule is CCOc1ccc(-n2nnnc2CNC(=O)c2ccc(C)c(C)c2)cc1. The highest BCUT2D eigenvalue weighted by Gasteiger charge is 2.12. The van der Waals surface area contributed by atoms with Gasteiger partial charge in [-0.05, 0) is 78.7 Å². The van der Waals surface area contributed by atoms with Gasteiger partial charge in [0, 0.05) is 5.56 Å². The molecule has 0 aliphatic rings. The third-order valence-electron chi connectivity index (χ3n) is 4.10. The third-order valence-corrected chi connectivity index (χ3v) is 4.10. The van der Waals surface area contributed by atoms with Gasteiger partial charge >= 0.3 is 0 Å². The Labute approximate surface area is 152 Å². The Bertz CT molecular complexity index is 903. The molecule has 1 N–H and O–H groups in total. The van der Waals surface area contributed by atoms with Crippen LogP contribution in [0.25, 0.3) is 5.69 Å². The largest absolute Gasteiger partial charge is 0.494 e. The lowest BCUT2D eigenvalue weighted by Crippen LogP contribution is -2.24. The number of tetrazole rings is 1. The summed E-state index contributed by atoms with van der Waals surface area (Å²) in [5.41, 5.74) is 3.65. The topological polar surface area (TPSA) is 81.9 Å². The zero-order valence-corrected chi connectivity index (χ0v) is 15.1. The van der Waals surface area contributed by atoms with Crippen molar-refractivity contribution in [3.63, 3.8) is 0 Å². The Balaban J connectivity index is 1.70. The lowest BCUT2D eigenvalue weighted by atomic mass is 10.1. The number of ether oxygens (including phenoxy) is 1. The van der Waals surface area contributed by atoms with Gasteiger partial charge in [0.05, 0.1) is 18.8 Å². The molecular weight excluding hydrogens is 330 g/mol. The number of hydrogen-bond donors (Lipinski definition) is 1. The standard InChI is InChI=1S/C19H21N5O2/c1-4-26-17-9-7-16(8-10-17)24-18(21-22-23-24)12-20-19(25)15-6-5-13(2)14(3)11-15/h5-11H,4,12H2,1-3H3,(H,20,25). The van der Waals surface area contributed by atoms with Crippen LogP contribution in [0.5, 0.6) is 5.75 Å². The quantitative estimate of drug-likeness (QED) is 0.738. The Morgan fingerprint density at radius 2 is 1.88 bits per heavy atom. The molecule has 0 aliphatic carbocycles. The molecule has 0 bridgehead atoms. The van der Waals surface area contributed by atoms with Crippen molar-refractivity contribution in [3.05, 3.63) is 65.0 Å². The highest BCUT2D eigenvalue weighted by molar-refractivity contribution is 5.94. The molecule has 3 aromatic rings. The molecular formula is C19H21N5O2. The van der Waals surface area contributed by atoms with E-state index in [0.717, 1.165) is 22.6 Å². The molecule has 1 heterocycles. The minimum atomic E-state index is -0.158. The van der Waals surface area contributed by atoms with Crippen LogP contribution in [0.4, 0.5) is 0 Å². The normalized spacial score (nSPS) is 10.6. The maximum absolute atomic E-state index is 12.4. The summed E-state index contributed by atoms with van der Waals surface area (Å²) in [4.78, 5) is 12.4. The van der Waals surface area contributed by atoms with Gasteiger partial charge in [0.25, 0.3) is 5.91 Å². The lowest BCUT2D eigenvalue weighted by molar-refractivity contribution is 0.0949. The van der Waals surface area contributed by atoms with Gasteiger partial charge < -0.3 is 10.1 Å². The van der Waals surface area contributed by atoms with E-state index in [2.05, 4.69) is 20.8 Å². The fraction of sp³-hybridized carbons (Fsp3) is 0.263. The van der Waals surface area contributed by atoms with Crippen LogP contribution < -0.4 is 10.1 Å². The second-order valence-corrected chi connectivity index (χ2v) is 5.92. The highest BCUT2D eigenvalue weighted by atomic mass is 16.5. The maximum Gasteiger partial charge on any atom is 0.251 e. The minimum absolute atomic E-state index is 0.158. The third kappa shape index (κ3) is 3.88. The Hall–Kier alpha value is -3.22. The van der Waals surface area contributed by atoms with E-state index in [1.54, 1.807) is 4.68 Å². The number of carbonyl (C=O) groups is 1. The van der Waals surface area contributed by atoms with Crippen LogP contribution in [-0.2, 0) is 6.54 Å². The van der Waals surface area contributed by atoms with E-state index in [4.69, 9.17) is 4.74 Å². The second kappa shape index (κ2) is 7.77. The van der Waals surface area contributed by atoms with Crippen molar-refractivity contribution in [3.8, 4) is 11.4 Å². The monoisotopic (exact) mass is 351 g/mol. The number of nitrogens with one attached hydrogen (secondary N) is 1. The average molecular weight is 351 g/mol. The lowest BCUT2D eigenvalue weighted by Gasteiger charge is -2.08. The van der Waals surface area contributed by atoms with Crippen LogP contribution in [0.2, 0.25) is 0 Å². The van der Waals surface area contributed by atoms with Gasteiger partial charge in [0.2, 0.25) is 0 Å². The number of amides is 1. The number of aromatic nitrogens is 4. The van der Waals surface area contributed by atoms with E-state index in [1.165, 1.54) is 0 Å². The summed E-state index contributed by atoms with van der Waals surface area (Å²) in [6.45, 7) is 6.78. The molecule has 1 aromatic heterocycles. The first kappa shape index (κ1) is 17.6. The summed E-state index contributed by atoms with van der Waals surface area (Å²) in [7, 11) is 0. The summed E-state index contributed by atoms with van der Waals surface area (Å²) >= 11 is 0. The predicted octanol–water partition coefficient (Wildman–Crippen LogP) is 2.61. The van der Waals surface area contributed by atoms with E-state index in [1.807, 2.05) is 63.2 Å². The second-order valence-electron chi connectivity index (χ2n) is 5.92. The fourth-order valence-corrected chi connectivity index (χ4v) is 2.51. The number of rotatable bonds is 6. The van der Waals surface area contributed by atoms with Crippen molar-refractivity contribution in [1.29, 1.82) is 0 Å². The predicted molar refractivity (Wildman–Crippen MR) is 97.4 cm³/mol. The first-order valence-corrected chi connectivity index (χ1v) is 8.44. The van der Waals surface area contributed by atoms with Gasteiger partial charge in [0.1, 0.15) is 5.75 Å². The van der Waals surface area contributed by atoms with Gasteiger partial charge in [-0.1, -0.05) is 6.07 Å². The summed E-state index contributed by atoms with van der Waals surface area (Å²) < 4.78 is 7.03. The van der Waals surface area contributed by atoms with Crippen molar-refractivity contribution in [1.82, 2.24) is 25.5 Å². The average Bonchev–Trinajstić information content (AvgIpc) is 3.11. The molecule has 0 unspecified atom stereocenters. The summed E-state index contributed by atoms with van der Waals surface area (Å²) in [6.07, 6.45) is 0. The number of aryl methyl sites for hydroxylation is 2. The summed E-state index contributed by atoms with van der Waals surface area (Å²) in [5, 5.41) is 14.6. The first-order valence-electron chi connectivity index (χ1n) is 8.44. The molecule has 2 aromatic carbocycles. The molecule has 3 rings (SSSR count). The Kier molecular flexibility index (Phi) is 5.26. The maximum atomic E-state index is 12.4. The minimum Gasteiger partial charge on any atom is -0.494 e. The molecule has 134 valence electrons. The number of hydrogen-bond acceptors (Lipinski definition) is 5. The smallest absolute Gasteiger partial charge is 0.251 e. The van der Waals surface area contributed by atoms with Gasteiger partial charge in [-0.3, -0.25) is 4.79 Å². The van der Waals surface area contributed by atoms with Crippen LogP contribution in [-0.4, -0.2) is 32.7 Å². The van der Waals surface area contributed by atoms with Crippen molar-refractivity contribution >= 4 is 5.91 Å². The van der Waals surface area contributed by atoms with Crippen LogP contribution in [0.15, 0.2) is 42.5 Å². The van der Waals surface area contributed by atoms with Crippen LogP contribution in [0, 0.1) is 13.8 Å². The molecule has 0 aliphatic heterocycles. The van der Waals surface area contributed by atoms with E-state index in [0.29, 0.717) is 18.0 Å². The van der Waals surface area contributed by atoms with Gasteiger partial charge in [-0.2, -0.15) is 4.68 Å². The molecule has 7 nitrogen and oxygen atoms in total. The summed E-state index contributed by atoms with van der Waals surface area (Å²) in [6, 6.07) is 13.1. The summed E-state index contributed by atoms with van der Waals surface area (Å²) in [5.74, 6) is 1.18. The van der Waals surface area contributed by atoms with Crippen LogP contribution >= 0.6 is 0 Å². The molecule has 0 saturated heterocycles. The van der Waals surface area contributed by atoms with Crippen molar-refractivity contribution in [2.24, 2.45) is 0 Å². The van der Waals surface area contributed by atoms with E-state index in [-0.39, 0.29) is 12.5 Å². The molecule has 1 amide bonds. The molecule has 0 radical (unpaired) electrons. The molecule has 0 atom stereocenters. The van der Waals surface area contributed by atoms with Gasteiger partial charge in [-0.25, -0.2) is 0 Å². The van der Waals surface area contributed by atoms with Crippen LogP contribution in [0.3, 0.4) is 0 Å². The van der Waals surface area contributed by atoms with E-state index in [9.17, 15) is 4.79 Å². The molecule has 0 saturated carbocycles. The zero-order chi connectivity index (χ0) is 18.5. The van der Waals surface area contributed by atoms with Crippen molar-refractivity contribution in [2.75, 3.05) is 6.61 Å². The Morgan fingerprint density at radius 1 is 1.12 bits per heavy atom. The number of benzene rings is 2. The molecule has 26 heavy (non-hydrogen) atoms. The molecule has 7 heteroatoms. The van der Waals surface area contributed by atoms with Crippen molar-refractivity contribution in [2.45, 2.75) is 27.3 Å². The van der Waals surface area contributed by atoms with E-state index >= 15 is 0 Å². The first-order chi connectivity index (χ1) is 12.6. The van der Waals surface area contributed by atoms with Crippen molar-refractivity contribution < 1.29 is 9.53 Å². The van der Waals surface area contributed by atoms with Crippen LogP contribution in [0.1, 0.15) is 34.2 Å². The zero-order valence-electron chi connectivity index (χ0n) is 15.1. The number of carbonyl (C=O) groups excluding carboxylic acids is 1. The highest BCUT2D eigenvalue weighted by Crippen LogP contribution is 2.15. The number of nitrogens with zero attached hydrogens (tertiary/aromatic N) is 4. The van der Waals surface area contributed by atoms with Gasteiger partial charge in [0.15, 0.2) is 5.82 Å². The molecule has 0 spiro atoms. The van der Waals surface area contributed by atoms with E-state index < -0.39 is 0 Å².